The summed E-state index contributed by atoms with van der Waals surface area (Å²) in [5.41, 5.74) is 1.61. The highest BCUT2D eigenvalue weighted by Crippen LogP contribution is 2.33. The van der Waals surface area contributed by atoms with E-state index >= 15 is 0 Å². The standard InChI is InChI=1S/C15H16O3/c1-4-10(5-2)13-11-8-6-7-9-12(11)14(16)18-15(13)17-3/h4,6-9H,5H2,1-3H3/b10-4+. The summed E-state index contributed by atoms with van der Waals surface area (Å²) in [6.45, 7) is 4.03. The van der Waals surface area contributed by atoms with E-state index in [-0.39, 0.29) is 11.6 Å². The van der Waals surface area contributed by atoms with Crippen molar-refractivity contribution in [2.75, 3.05) is 7.11 Å². The lowest BCUT2D eigenvalue weighted by molar-refractivity contribution is 0.288. The molecule has 0 bridgehead atoms. The highest BCUT2D eigenvalue weighted by molar-refractivity contribution is 5.94. The maximum absolute atomic E-state index is 11.8. The number of hydrogen-bond donors (Lipinski definition) is 0. The third kappa shape index (κ3) is 1.92. The molecule has 0 radical (unpaired) electrons. The van der Waals surface area contributed by atoms with Gasteiger partial charge in [-0.1, -0.05) is 31.2 Å². The van der Waals surface area contributed by atoms with Gasteiger partial charge in [0.25, 0.3) is 5.95 Å². The number of hydrogen-bond acceptors (Lipinski definition) is 3. The van der Waals surface area contributed by atoms with Crippen LogP contribution in [0.25, 0.3) is 16.3 Å². The van der Waals surface area contributed by atoms with Crippen molar-refractivity contribution in [3.8, 4) is 5.95 Å². The van der Waals surface area contributed by atoms with E-state index in [1.165, 1.54) is 7.11 Å². The molecule has 1 aromatic heterocycles. The monoisotopic (exact) mass is 244 g/mol. The average molecular weight is 244 g/mol. The molecule has 1 aromatic carbocycles. The number of methoxy groups -OCH3 is 1. The van der Waals surface area contributed by atoms with Crippen LogP contribution in [0.5, 0.6) is 5.95 Å². The summed E-state index contributed by atoms with van der Waals surface area (Å²) in [7, 11) is 1.51. The Bertz CT molecular complexity index is 650. The molecular weight excluding hydrogens is 228 g/mol. The normalized spacial score (nSPS) is 11.8. The summed E-state index contributed by atoms with van der Waals surface area (Å²) >= 11 is 0. The van der Waals surface area contributed by atoms with Crippen molar-refractivity contribution in [2.24, 2.45) is 0 Å². The summed E-state index contributed by atoms with van der Waals surface area (Å²) in [6.07, 6.45) is 2.87. The minimum atomic E-state index is -0.363. The number of ether oxygens (including phenoxy) is 1. The fraction of sp³-hybridized carbons (Fsp3) is 0.267. The van der Waals surface area contributed by atoms with Crippen LogP contribution in [0.15, 0.2) is 39.6 Å². The lowest BCUT2D eigenvalue weighted by Crippen LogP contribution is -2.04. The second-order valence-corrected chi connectivity index (χ2v) is 3.97. The second kappa shape index (κ2) is 5.08. The van der Waals surface area contributed by atoms with Crippen LogP contribution in [0.4, 0.5) is 0 Å². The van der Waals surface area contributed by atoms with Crippen molar-refractivity contribution >= 4 is 16.3 Å². The molecule has 0 aliphatic rings. The van der Waals surface area contributed by atoms with Crippen LogP contribution in [0.2, 0.25) is 0 Å². The quantitative estimate of drug-likeness (QED) is 0.827. The molecule has 0 spiro atoms. The Kier molecular flexibility index (Phi) is 3.51. The average Bonchev–Trinajstić information content (AvgIpc) is 2.42. The molecule has 94 valence electrons. The minimum absolute atomic E-state index is 0.286. The van der Waals surface area contributed by atoms with Crippen LogP contribution in [0.3, 0.4) is 0 Å². The number of fused-ring (bicyclic) bond motifs is 1. The smallest absolute Gasteiger partial charge is 0.346 e. The first-order chi connectivity index (χ1) is 8.72. The van der Waals surface area contributed by atoms with E-state index in [1.54, 1.807) is 6.07 Å². The van der Waals surface area contributed by atoms with Gasteiger partial charge in [0.1, 0.15) is 0 Å². The van der Waals surface area contributed by atoms with Crippen LogP contribution in [-0.4, -0.2) is 7.11 Å². The van der Waals surface area contributed by atoms with Crippen molar-refractivity contribution in [2.45, 2.75) is 20.3 Å². The van der Waals surface area contributed by atoms with Gasteiger partial charge in [-0.2, -0.15) is 0 Å². The van der Waals surface area contributed by atoms with E-state index in [0.29, 0.717) is 5.39 Å². The Labute approximate surface area is 106 Å². The summed E-state index contributed by atoms with van der Waals surface area (Å²) in [5.74, 6) is 0.286. The number of rotatable bonds is 3. The van der Waals surface area contributed by atoms with E-state index in [0.717, 1.165) is 22.9 Å². The fourth-order valence-electron chi connectivity index (χ4n) is 2.15. The highest BCUT2D eigenvalue weighted by Gasteiger charge is 2.16. The van der Waals surface area contributed by atoms with E-state index in [2.05, 4.69) is 6.92 Å². The van der Waals surface area contributed by atoms with Crippen LogP contribution < -0.4 is 10.4 Å². The SMILES string of the molecule is C/C=C(\CC)c1c(OC)oc(=O)c2ccccc12. The van der Waals surface area contributed by atoms with E-state index in [9.17, 15) is 4.79 Å². The fourth-order valence-corrected chi connectivity index (χ4v) is 2.15. The number of allylic oxidation sites excluding steroid dienone is 2. The maximum atomic E-state index is 11.8. The molecule has 3 heteroatoms. The van der Waals surface area contributed by atoms with Crippen molar-refractivity contribution < 1.29 is 9.15 Å². The minimum Gasteiger partial charge on any atom is -0.468 e. The molecule has 18 heavy (non-hydrogen) atoms. The zero-order valence-corrected chi connectivity index (χ0v) is 10.8. The first kappa shape index (κ1) is 12.4. The van der Waals surface area contributed by atoms with Gasteiger partial charge < -0.3 is 9.15 Å². The van der Waals surface area contributed by atoms with Gasteiger partial charge in [-0.15, -0.1) is 0 Å². The molecule has 2 aromatic rings. The van der Waals surface area contributed by atoms with Crippen LogP contribution >= 0.6 is 0 Å². The molecule has 0 N–H and O–H groups in total. The van der Waals surface area contributed by atoms with Crippen LogP contribution in [-0.2, 0) is 0 Å². The molecular formula is C15H16O3. The zero-order chi connectivity index (χ0) is 13.1. The lowest BCUT2D eigenvalue weighted by atomic mass is 9.99. The van der Waals surface area contributed by atoms with Gasteiger partial charge >= 0.3 is 5.63 Å². The predicted octanol–water partition coefficient (Wildman–Crippen LogP) is 3.61. The summed E-state index contributed by atoms with van der Waals surface area (Å²) in [6, 6.07) is 7.43. The van der Waals surface area contributed by atoms with E-state index < -0.39 is 0 Å². The molecule has 3 nitrogen and oxygen atoms in total. The molecule has 0 saturated carbocycles. The molecule has 1 heterocycles. The largest absolute Gasteiger partial charge is 0.468 e. The predicted molar refractivity (Wildman–Crippen MR) is 73.0 cm³/mol. The Morgan fingerprint density at radius 2 is 2.00 bits per heavy atom. The van der Waals surface area contributed by atoms with Crippen molar-refractivity contribution in [3.63, 3.8) is 0 Å². The Morgan fingerprint density at radius 3 is 2.56 bits per heavy atom. The van der Waals surface area contributed by atoms with Gasteiger partial charge in [-0.25, -0.2) is 4.79 Å². The summed E-state index contributed by atoms with van der Waals surface area (Å²) in [5, 5.41) is 1.46. The van der Waals surface area contributed by atoms with Gasteiger partial charge in [0.05, 0.1) is 18.1 Å². The molecule has 0 amide bonds. The first-order valence-electron chi connectivity index (χ1n) is 5.98. The molecule has 0 aliphatic heterocycles. The maximum Gasteiger partial charge on any atom is 0.346 e. The summed E-state index contributed by atoms with van der Waals surface area (Å²) in [4.78, 5) is 11.8. The molecule has 0 fully saturated rings. The highest BCUT2D eigenvalue weighted by atomic mass is 16.6. The molecule has 2 rings (SSSR count). The van der Waals surface area contributed by atoms with E-state index in [4.69, 9.17) is 9.15 Å². The molecule has 0 unspecified atom stereocenters. The lowest BCUT2D eigenvalue weighted by Gasteiger charge is -2.11. The Balaban J connectivity index is 2.92. The van der Waals surface area contributed by atoms with Gasteiger partial charge in [0.15, 0.2) is 0 Å². The van der Waals surface area contributed by atoms with Gasteiger partial charge in [0, 0.05) is 5.39 Å². The molecule has 0 aliphatic carbocycles. The van der Waals surface area contributed by atoms with Gasteiger partial charge in [0.2, 0.25) is 0 Å². The third-order valence-electron chi connectivity index (χ3n) is 3.04. The van der Waals surface area contributed by atoms with Crippen LogP contribution in [0.1, 0.15) is 25.8 Å². The topological polar surface area (TPSA) is 39.4 Å². The Hall–Kier alpha value is -2.03. The summed E-state index contributed by atoms with van der Waals surface area (Å²) < 4.78 is 10.4. The third-order valence-corrected chi connectivity index (χ3v) is 3.04. The molecule has 0 atom stereocenters. The van der Waals surface area contributed by atoms with Crippen molar-refractivity contribution in [3.05, 3.63) is 46.3 Å². The zero-order valence-electron chi connectivity index (χ0n) is 10.8. The van der Waals surface area contributed by atoms with Gasteiger partial charge in [-0.3, -0.25) is 0 Å². The number of benzene rings is 1. The Morgan fingerprint density at radius 1 is 1.33 bits per heavy atom. The van der Waals surface area contributed by atoms with E-state index in [1.807, 2.05) is 31.2 Å². The second-order valence-electron chi connectivity index (χ2n) is 3.97. The van der Waals surface area contributed by atoms with Crippen molar-refractivity contribution in [1.82, 2.24) is 0 Å². The first-order valence-corrected chi connectivity index (χ1v) is 5.98. The molecule has 0 saturated heterocycles. The van der Waals surface area contributed by atoms with Gasteiger partial charge in [-0.05, 0) is 25.0 Å². The van der Waals surface area contributed by atoms with Crippen LogP contribution in [0, 0.1) is 0 Å². The van der Waals surface area contributed by atoms with Crippen molar-refractivity contribution in [1.29, 1.82) is 0 Å².